The molecule has 0 fully saturated rings. The number of nitrogens with zero attached hydrogens (tertiary/aromatic N) is 2. The highest BCUT2D eigenvalue weighted by Gasteiger charge is 2.00. The molecule has 0 unspecified atom stereocenters. The second-order valence-electron chi connectivity index (χ2n) is 3.01. The zero-order valence-corrected chi connectivity index (χ0v) is 9.72. The Kier molecular flexibility index (Phi) is 3.26. The molecule has 2 heterocycles. The van der Waals surface area contributed by atoms with Crippen molar-refractivity contribution in [3.8, 4) is 11.5 Å². The van der Waals surface area contributed by atoms with Crippen LogP contribution in [0.4, 0.5) is 0 Å². The van der Waals surface area contributed by atoms with E-state index in [1.807, 2.05) is 0 Å². The second-order valence-corrected chi connectivity index (χ2v) is 3.93. The zero-order valence-electron chi connectivity index (χ0n) is 8.13. The molecule has 80 valence electrons. The predicted molar refractivity (Wildman–Crippen MR) is 61.6 cm³/mol. The largest absolute Gasteiger partial charge is 0.454 e. The lowest BCUT2D eigenvalue weighted by molar-refractivity contribution is 0.112. The van der Waals surface area contributed by atoms with Gasteiger partial charge >= 0.3 is 0 Å². The molecule has 0 amide bonds. The van der Waals surface area contributed by atoms with Crippen molar-refractivity contribution in [2.45, 2.75) is 0 Å². The molecule has 0 saturated carbocycles. The second kappa shape index (κ2) is 4.85. The molecule has 4 nitrogen and oxygen atoms in total. The lowest BCUT2D eigenvalue weighted by Crippen LogP contribution is -1.89. The summed E-state index contributed by atoms with van der Waals surface area (Å²) in [6, 6.07) is 3.39. The van der Waals surface area contributed by atoms with Gasteiger partial charge < -0.3 is 4.74 Å². The van der Waals surface area contributed by atoms with Gasteiger partial charge in [-0.3, -0.25) is 14.8 Å². The SMILES string of the molecule is O=Cc1cncc(Oc2cncc(Br)c2)c1. The van der Waals surface area contributed by atoms with Gasteiger partial charge in [-0.25, -0.2) is 0 Å². The first-order chi connectivity index (χ1) is 7.78. The Morgan fingerprint density at radius 1 is 1.06 bits per heavy atom. The van der Waals surface area contributed by atoms with Crippen molar-refractivity contribution in [3.05, 3.63) is 47.0 Å². The van der Waals surface area contributed by atoms with Crippen molar-refractivity contribution in [2.75, 3.05) is 0 Å². The molecular weight excluding hydrogens is 272 g/mol. The monoisotopic (exact) mass is 278 g/mol. The van der Waals surface area contributed by atoms with Gasteiger partial charge in [0.2, 0.25) is 0 Å². The van der Waals surface area contributed by atoms with E-state index in [9.17, 15) is 4.79 Å². The van der Waals surface area contributed by atoms with Crippen LogP contribution < -0.4 is 4.74 Å². The van der Waals surface area contributed by atoms with Gasteiger partial charge in [0, 0.05) is 22.4 Å². The third-order valence-electron chi connectivity index (χ3n) is 1.79. The molecule has 0 aliphatic heterocycles. The highest BCUT2D eigenvalue weighted by Crippen LogP contribution is 2.22. The van der Waals surface area contributed by atoms with Gasteiger partial charge in [-0.05, 0) is 28.1 Å². The van der Waals surface area contributed by atoms with Crippen molar-refractivity contribution in [1.82, 2.24) is 9.97 Å². The Bertz CT molecular complexity index is 517. The van der Waals surface area contributed by atoms with E-state index < -0.39 is 0 Å². The van der Waals surface area contributed by atoms with Crippen LogP contribution >= 0.6 is 15.9 Å². The normalized spacial score (nSPS) is 9.81. The quantitative estimate of drug-likeness (QED) is 0.811. The molecule has 0 bridgehead atoms. The number of halogens is 1. The van der Waals surface area contributed by atoms with Gasteiger partial charge in [0.05, 0.1) is 12.4 Å². The summed E-state index contributed by atoms with van der Waals surface area (Å²) < 4.78 is 6.31. The van der Waals surface area contributed by atoms with Gasteiger partial charge in [0.25, 0.3) is 0 Å². The maximum absolute atomic E-state index is 10.5. The van der Waals surface area contributed by atoms with Crippen molar-refractivity contribution in [2.24, 2.45) is 0 Å². The molecule has 0 aliphatic carbocycles. The van der Waals surface area contributed by atoms with Gasteiger partial charge in [-0.1, -0.05) is 0 Å². The third kappa shape index (κ3) is 2.64. The van der Waals surface area contributed by atoms with Crippen LogP contribution in [0.15, 0.2) is 41.4 Å². The summed E-state index contributed by atoms with van der Waals surface area (Å²) in [5, 5.41) is 0. The van der Waals surface area contributed by atoms with E-state index >= 15 is 0 Å². The van der Waals surface area contributed by atoms with Gasteiger partial charge in [0.1, 0.15) is 11.5 Å². The first-order valence-corrected chi connectivity index (χ1v) is 5.26. The van der Waals surface area contributed by atoms with Gasteiger partial charge in [-0.15, -0.1) is 0 Å². The van der Waals surface area contributed by atoms with E-state index in [4.69, 9.17) is 4.74 Å². The summed E-state index contributed by atoms with van der Waals surface area (Å²) >= 11 is 3.29. The van der Waals surface area contributed by atoms with Crippen LogP contribution in [-0.2, 0) is 0 Å². The van der Waals surface area contributed by atoms with E-state index in [0.717, 1.165) is 10.8 Å². The average Bonchev–Trinajstić information content (AvgIpc) is 2.29. The Hall–Kier alpha value is -1.75. The molecule has 2 aromatic heterocycles. The van der Waals surface area contributed by atoms with E-state index in [2.05, 4.69) is 25.9 Å². The molecule has 2 rings (SSSR count). The van der Waals surface area contributed by atoms with Crippen molar-refractivity contribution in [3.63, 3.8) is 0 Å². The Morgan fingerprint density at radius 3 is 2.44 bits per heavy atom. The number of carbonyl (C=O) groups excluding carboxylic acids is 1. The maximum atomic E-state index is 10.5. The summed E-state index contributed by atoms with van der Waals surface area (Å²) in [5.41, 5.74) is 0.473. The standard InChI is InChI=1S/C11H7BrN2O2/c12-9-2-11(6-14-4-9)16-10-1-8(7-15)3-13-5-10/h1-7H. The summed E-state index contributed by atoms with van der Waals surface area (Å²) in [5.74, 6) is 1.09. The van der Waals surface area contributed by atoms with E-state index in [-0.39, 0.29) is 0 Å². The van der Waals surface area contributed by atoms with E-state index in [1.54, 1.807) is 24.5 Å². The number of hydrogen-bond acceptors (Lipinski definition) is 4. The molecule has 0 N–H and O–H groups in total. The summed E-state index contributed by atoms with van der Waals surface area (Å²) in [6.07, 6.45) is 6.97. The third-order valence-corrected chi connectivity index (χ3v) is 2.22. The Labute approximate surface area is 100 Å². The van der Waals surface area contributed by atoms with Crippen molar-refractivity contribution < 1.29 is 9.53 Å². The fourth-order valence-electron chi connectivity index (χ4n) is 1.14. The molecule has 0 spiro atoms. The van der Waals surface area contributed by atoms with Crippen LogP contribution in [0.1, 0.15) is 10.4 Å². The van der Waals surface area contributed by atoms with Crippen LogP contribution in [0, 0.1) is 0 Å². The molecule has 16 heavy (non-hydrogen) atoms. The topological polar surface area (TPSA) is 52.1 Å². The van der Waals surface area contributed by atoms with Crippen LogP contribution in [-0.4, -0.2) is 16.3 Å². The summed E-state index contributed by atoms with van der Waals surface area (Å²) in [4.78, 5) is 18.4. The van der Waals surface area contributed by atoms with E-state index in [0.29, 0.717) is 17.1 Å². The first kappa shape index (κ1) is 10.8. The number of aldehydes is 1. The molecule has 0 atom stereocenters. The average molecular weight is 279 g/mol. The van der Waals surface area contributed by atoms with Crippen LogP contribution in [0.2, 0.25) is 0 Å². The maximum Gasteiger partial charge on any atom is 0.151 e. The Morgan fingerprint density at radius 2 is 1.75 bits per heavy atom. The molecule has 0 aliphatic rings. The van der Waals surface area contributed by atoms with Gasteiger partial charge in [0.15, 0.2) is 6.29 Å². The minimum Gasteiger partial charge on any atom is -0.454 e. The number of aromatic nitrogens is 2. The smallest absolute Gasteiger partial charge is 0.151 e. The Balaban J connectivity index is 2.23. The number of carbonyl (C=O) groups is 1. The number of pyridine rings is 2. The lowest BCUT2D eigenvalue weighted by Gasteiger charge is -2.04. The number of ether oxygens (including phenoxy) is 1. The van der Waals surface area contributed by atoms with Crippen LogP contribution in [0.25, 0.3) is 0 Å². The molecule has 2 aromatic rings. The van der Waals surface area contributed by atoms with Crippen LogP contribution in [0.5, 0.6) is 11.5 Å². The number of hydrogen-bond donors (Lipinski definition) is 0. The molecule has 0 saturated heterocycles. The van der Waals surface area contributed by atoms with Crippen molar-refractivity contribution >= 4 is 22.2 Å². The highest BCUT2D eigenvalue weighted by atomic mass is 79.9. The van der Waals surface area contributed by atoms with Crippen molar-refractivity contribution in [1.29, 1.82) is 0 Å². The molecular formula is C11H7BrN2O2. The van der Waals surface area contributed by atoms with Gasteiger partial charge in [-0.2, -0.15) is 0 Å². The summed E-state index contributed by atoms with van der Waals surface area (Å²) in [6.45, 7) is 0. The lowest BCUT2D eigenvalue weighted by atomic mass is 10.3. The zero-order chi connectivity index (χ0) is 11.4. The summed E-state index contributed by atoms with van der Waals surface area (Å²) in [7, 11) is 0. The highest BCUT2D eigenvalue weighted by molar-refractivity contribution is 9.10. The minimum absolute atomic E-state index is 0.473. The van der Waals surface area contributed by atoms with E-state index in [1.165, 1.54) is 12.4 Å². The molecule has 5 heteroatoms. The predicted octanol–water partition coefficient (Wildman–Crippen LogP) is 2.84. The first-order valence-electron chi connectivity index (χ1n) is 4.46. The molecule has 0 radical (unpaired) electrons. The van der Waals surface area contributed by atoms with Crippen LogP contribution in [0.3, 0.4) is 0 Å². The number of rotatable bonds is 3. The minimum atomic E-state index is 0.473. The fraction of sp³-hybridized carbons (Fsp3) is 0. The molecule has 0 aromatic carbocycles. The fourth-order valence-corrected chi connectivity index (χ4v) is 1.48.